The SMILES string of the molecule is CSC[C@@H](C(=O)N1C[C@H](O)C[C@H]1C(=O)NCc1ccc(-c2scnc2C)cc1)N1Cc2ccc(O[C@@H]3C[C@@H](C(=O)NCc4ccc(-c5scnc5C)cc4)N(C(=O)[C@@H](NC(=O)c4ccccc4)C(C)(C)C)C3)cc2C1=O. The van der Waals surface area contributed by atoms with Crippen LogP contribution in [0.1, 0.15) is 82.4 Å². The van der Waals surface area contributed by atoms with Crippen molar-refractivity contribution in [1.29, 1.82) is 0 Å². The Morgan fingerprint density at radius 1 is 0.763 bits per heavy atom. The third kappa shape index (κ3) is 11.9. The molecule has 6 aromatic rings. The number of rotatable bonds is 17. The Bertz CT molecular complexity index is 3100. The van der Waals surface area contributed by atoms with Crippen molar-refractivity contribution in [2.24, 2.45) is 5.41 Å². The first kappa shape index (κ1) is 53.9. The molecule has 2 saturated heterocycles. The number of fused-ring (bicyclic) bond motifs is 1. The van der Waals surface area contributed by atoms with Crippen molar-refractivity contribution in [1.82, 2.24) is 40.6 Å². The first-order valence-corrected chi connectivity index (χ1v) is 28.4. The van der Waals surface area contributed by atoms with Crippen molar-refractivity contribution in [2.75, 3.05) is 25.1 Å². The summed E-state index contributed by atoms with van der Waals surface area (Å²) in [4.78, 5) is 101. The Hall–Kier alpha value is -6.93. The van der Waals surface area contributed by atoms with Crippen molar-refractivity contribution in [2.45, 2.75) is 103 Å². The van der Waals surface area contributed by atoms with Gasteiger partial charge in [0.2, 0.25) is 23.6 Å². The molecule has 4 aromatic carbocycles. The van der Waals surface area contributed by atoms with Crippen LogP contribution in [-0.2, 0) is 38.8 Å². The monoisotopic (exact) mass is 1080 g/mol. The highest BCUT2D eigenvalue weighted by Crippen LogP contribution is 2.35. The summed E-state index contributed by atoms with van der Waals surface area (Å²) in [5, 5.41) is 19.8. The van der Waals surface area contributed by atoms with Crippen LogP contribution in [0, 0.1) is 19.3 Å². The van der Waals surface area contributed by atoms with Gasteiger partial charge in [0.25, 0.3) is 11.8 Å². The number of aliphatic hydroxyl groups excluding tert-OH is 1. The summed E-state index contributed by atoms with van der Waals surface area (Å²) in [6.07, 6.45) is 0.439. The summed E-state index contributed by atoms with van der Waals surface area (Å²) in [6, 6.07) is 25.7. The van der Waals surface area contributed by atoms with Crippen molar-refractivity contribution in [3.8, 4) is 26.6 Å². The zero-order valence-corrected chi connectivity index (χ0v) is 45.7. The fourth-order valence-corrected chi connectivity index (χ4v) is 12.3. The first-order chi connectivity index (χ1) is 36.5. The number of amides is 6. The minimum absolute atomic E-state index is 0.0188. The van der Waals surface area contributed by atoms with Gasteiger partial charge in [-0.1, -0.05) is 93.6 Å². The lowest BCUT2D eigenvalue weighted by molar-refractivity contribution is -0.142. The molecule has 16 nitrogen and oxygen atoms in total. The van der Waals surface area contributed by atoms with Crippen molar-refractivity contribution < 1.29 is 38.6 Å². The molecule has 4 N–H and O–H groups in total. The van der Waals surface area contributed by atoms with Crippen LogP contribution in [0.25, 0.3) is 20.9 Å². The molecule has 76 heavy (non-hydrogen) atoms. The lowest BCUT2D eigenvalue weighted by atomic mass is 9.85. The van der Waals surface area contributed by atoms with Gasteiger partial charge in [-0.25, -0.2) is 9.97 Å². The van der Waals surface area contributed by atoms with Gasteiger partial charge in [-0.3, -0.25) is 28.8 Å². The number of likely N-dealkylation sites (tertiary alicyclic amines) is 2. The van der Waals surface area contributed by atoms with E-state index in [4.69, 9.17) is 4.74 Å². The van der Waals surface area contributed by atoms with Crippen LogP contribution in [0.3, 0.4) is 0 Å². The number of benzene rings is 4. The largest absolute Gasteiger partial charge is 0.488 e. The fraction of sp³-hybridized carbons (Fsp3) is 0.368. The number of hydrogen-bond acceptors (Lipinski definition) is 13. The normalized spacial score (nSPS) is 19.0. The van der Waals surface area contributed by atoms with Crippen LogP contribution in [0.5, 0.6) is 5.75 Å². The number of aryl methyl sites for hydroxylation is 2. The van der Waals surface area contributed by atoms with E-state index < -0.39 is 65.4 Å². The molecule has 0 bridgehead atoms. The Morgan fingerprint density at radius 2 is 1.33 bits per heavy atom. The van der Waals surface area contributed by atoms with Gasteiger partial charge in [0, 0.05) is 55.9 Å². The summed E-state index contributed by atoms with van der Waals surface area (Å²) in [5.74, 6) is -1.85. The topological polar surface area (TPSA) is 203 Å². The Balaban J connectivity index is 0.885. The maximum absolute atomic E-state index is 14.8. The van der Waals surface area contributed by atoms with Gasteiger partial charge in [-0.05, 0) is 77.6 Å². The number of ether oxygens (including phenoxy) is 1. The first-order valence-electron chi connectivity index (χ1n) is 25.3. The van der Waals surface area contributed by atoms with Crippen LogP contribution < -0.4 is 20.7 Å². The Morgan fingerprint density at radius 3 is 1.87 bits per heavy atom. The van der Waals surface area contributed by atoms with E-state index in [0.717, 1.165) is 43.4 Å². The second-order valence-corrected chi connectivity index (χ2v) is 23.2. The molecule has 396 valence electrons. The maximum atomic E-state index is 14.8. The molecule has 19 heteroatoms. The Kier molecular flexibility index (Phi) is 16.4. The van der Waals surface area contributed by atoms with Crippen LogP contribution >= 0.6 is 34.4 Å². The summed E-state index contributed by atoms with van der Waals surface area (Å²) in [7, 11) is 0. The molecule has 0 saturated carbocycles. The van der Waals surface area contributed by atoms with E-state index in [1.54, 1.807) is 71.2 Å². The van der Waals surface area contributed by atoms with Gasteiger partial charge in [0.05, 0.1) is 44.8 Å². The number of nitrogens with one attached hydrogen (secondary N) is 3. The summed E-state index contributed by atoms with van der Waals surface area (Å²) < 4.78 is 6.56. The zero-order valence-electron chi connectivity index (χ0n) is 43.3. The number of hydrogen-bond donors (Lipinski definition) is 4. The lowest BCUT2D eigenvalue weighted by Gasteiger charge is -2.35. The predicted molar refractivity (Wildman–Crippen MR) is 295 cm³/mol. The molecule has 9 rings (SSSR count). The average Bonchev–Trinajstić information content (AvgIpc) is 4.29. The molecule has 6 amide bonds. The maximum Gasteiger partial charge on any atom is 0.255 e. The van der Waals surface area contributed by atoms with Crippen LogP contribution in [0.15, 0.2) is 108 Å². The third-order valence-corrected chi connectivity index (χ3v) is 16.8. The Labute approximate surface area is 454 Å². The quantitative estimate of drug-likeness (QED) is 0.0731. The highest BCUT2D eigenvalue weighted by Gasteiger charge is 2.47. The van der Waals surface area contributed by atoms with E-state index >= 15 is 0 Å². The summed E-state index contributed by atoms with van der Waals surface area (Å²) >= 11 is 4.52. The summed E-state index contributed by atoms with van der Waals surface area (Å²) in [6.45, 7) is 10.0. The number of carbonyl (C=O) groups excluding carboxylic acids is 6. The molecule has 3 aliphatic heterocycles. The molecule has 6 atom stereocenters. The molecule has 2 aromatic heterocycles. The third-order valence-electron chi connectivity index (χ3n) is 14.2. The molecule has 3 aliphatic rings. The number of thiazole rings is 2. The van der Waals surface area contributed by atoms with Crippen molar-refractivity contribution >= 4 is 69.9 Å². The van der Waals surface area contributed by atoms with Crippen molar-refractivity contribution in [3.63, 3.8) is 0 Å². The second kappa shape index (κ2) is 23.1. The number of carbonyl (C=O) groups is 6. The zero-order chi connectivity index (χ0) is 53.8. The van der Waals surface area contributed by atoms with E-state index in [1.165, 1.54) is 26.5 Å². The van der Waals surface area contributed by atoms with Gasteiger partial charge >= 0.3 is 0 Å². The van der Waals surface area contributed by atoms with Crippen LogP contribution in [0.2, 0.25) is 0 Å². The molecule has 5 heterocycles. The van der Waals surface area contributed by atoms with Crippen LogP contribution in [-0.4, -0.2) is 127 Å². The number of nitrogens with zero attached hydrogens (tertiary/aromatic N) is 5. The van der Waals surface area contributed by atoms with Gasteiger partial charge in [-0.2, -0.15) is 11.8 Å². The standard InChI is InChI=1S/C57H62N8O8S3/c1-33-48(75-31-60-33)37-16-12-35(13-17-37)25-58-52(68)45-22-41(66)28-64(45)55(71)47(30-74-6)63-27-40-20-21-42(23-44(40)54(63)70)73-43-24-46(53(69)59-26-36-14-18-38(19-15-36)49-34(2)61-32-76-49)65(29-43)56(72)50(57(3,4)5)62-51(67)39-10-8-7-9-11-39/h7-21,23,31-32,41,43,45-47,50,66H,22,24-30H2,1-6H3,(H,58,68)(H,59,69)(H,62,67)/t41-,43-,45+,46+,47+,50-/m1/s1. The molecule has 0 aliphatic carbocycles. The molecule has 0 radical (unpaired) electrons. The van der Waals surface area contributed by atoms with Gasteiger partial charge in [-0.15, -0.1) is 22.7 Å². The highest BCUT2D eigenvalue weighted by atomic mass is 32.2. The second-order valence-electron chi connectivity index (χ2n) is 20.6. The van der Waals surface area contributed by atoms with Gasteiger partial charge in [0.1, 0.15) is 36.0 Å². The van der Waals surface area contributed by atoms with Crippen LogP contribution in [0.4, 0.5) is 0 Å². The number of aliphatic hydroxyl groups is 1. The lowest BCUT2D eigenvalue weighted by Crippen LogP contribution is -2.57. The van der Waals surface area contributed by atoms with Crippen molar-refractivity contribution in [3.05, 3.63) is 147 Å². The molecular formula is C57H62N8O8S3. The number of β-amino-alcohol motifs (C(OH)–C–C–N with tert-alkyl or cyclic N) is 1. The molecular weight excluding hydrogens is 1020 g/mol. The summed E-state index contributed by atoms with van der Waals surface area (Å²) in [5.41, 5.74) is 9.97. The molecule has 2 fully saturated rings. The predicted octanol–water partition coefficient (Wildman–Crippen LogP) is 7.03. The smallest absolute Gasteiger partial charge is 0.255 e. The molecule has 0 spiro atoms. The van der Waals surface area contributed by atoms with E-state index in [1.807, 2.05) is 100 Å². The van der Waals surface area contributed by atoms with E-state index in [0.29, 0.717) is 22.4 Å². The van der Waals surface area contributed by atoms with Gasteiger partial charge < -0.3 is 40.5 Å². The van der Waals surface area contributed by atoms with E-state index in [-0.39, 0.29) is 63.1 Å². The molecule has 0 unspecified atom stereocenters. The number of aromatic nitrogens is 2. The fourth-order valence-electron chi connectivity index (χ4n) is 10.1. The van der Waals surface area contributed by atoms with E-state index in [9.17, 15) is 33.9 Å². The minimum Gasteiger partial charge on any atom is -0.488 e. The van der Waals surface area contributed by atoms with Gasteiger partial charge in [0.15, 0.2) is 0 Å². The van der Waals surface area contributed by atoms with E-state index in [2.05, 4.69) is 25.9 Å². The highest BCUT2D eigenvalue weighted by molar-refractivity contribution is 7.98. The number of thioether (sulfide) groups is 1. The average molecular weight is 1080 g/mol. The minimum atomic E-state index is -1.01.